The summed E-state index contributed by atoms with van der Waals surface area (Å²) in [5.74, 6) is 0.340. The van der Waals surface area contributed by atoms with Gasteiger partial charge < -0.3 is 10.1 Å². The topological polar surface area (TPSA) is 84.3 Å². The Morgan fingerprint density at radius 2 is 1.64 bits per heavy atom. The number of hydrazone groups is 1. The summed E-state index contributed by atoms with van der Waals surface area (Å²) >= 11 is 0. The number of rotatable bonds is 10. The van der Waals surface area contributed by atoms with Crippen LogP contribution in [0.5, 0.6) is 5.88 Å². The summed E-state index contributed by atoms with van der Waals surface area (Å²) in [6.45, 7) is 2.91. The Bertz CT molecular complexity index is 1310. The summed E-state index contributed by atoms with van der Waals surface area (Å²) in [7, 11) is 0. The number of halogens is 3. The fraction of sp³-hybridized carbons (Fsp3) is 0.231. The number of ether oxygens (including phenoxy) is 1. The zero-order valence-corrected chi connectivity index (χ0v) is 19.5. The highest BCUT2D eigenvalue weighted by Gasteiger charge is 2.24. The molecular weight excluding hydrogens is 469 g/mol. The third-order valence-corrected chi connectivity index (χ3v) is 5.27. The van der Waals surface area contributed by atoms with Crippen molar-refractivity contribution in [3.63, 3.8) is 0 Å². The Morgan fingerprint density at radius 1 is 0.917 bits per heavy atom. The van der Waals surface area contributed by atoms with E-state index in [1.165, 1.54) is 5.56 Å². The molecule has 10 heteroatoms. The number of nitrogens with zero attached hydrogens (tertiary/aromatic N) is 4. The lowest BCUT2D eigenvalue weighted by Crippen LogP contribution is -2.28. The first kappa shape index (κ1) is 25.1. The van der Waals surface area contributed by atoms with Crippen LogP contribution in [0.4, 0.5) is 19.0 Å². The number of hydrogen-bond acceptors (Lipinski definition) is 7. The van der Waals surface area contributed by atoms with E-state index in [4.69, 9.17) is 4.74 Å². The number of aromatic nitrogens is 3. The van der Waals surface area contributed by atoms with Crippen molar-refractivity contribution in [2.24, 2.45) is 5.10 Å². The second-order valence-corrected chi connectivity index (χ2v) is 8.19. The monoisotopic (exact) mass is 494 g/mol. The van der Waals surface area contributed by atoms with Crippen molar-refractivity contribution >= 4 is 22.8 Å². The largest absolute Gasteiger partial charge is 0.470 e. The second kappa shape index (κ2) is 11.6. The van der Waals surface area contributed by atoms with Crippen molar-refractivity contribution < 1.29 is 17.9 Å². The van der Waals surface area contributed by atoms with E-state index in [0.717, 1.165) is 12.1 Å². The zero-order chi connectivity index (χ0) is 25.4. The minimum Gasteiger partial charge on any atom is -0.470 e. The smallest absolute Gasteiger partial charge is 0.428 e. The molecule has 0 amide bonds. The van der Waals surface area contributed by atoms with Gasteiger partial charge in [0.2, 0.25) is 5.88 Å². The van der Waals surface area contributed by atoms with Crippen molar-refractivity contribution in [1.82, 2.24) is 20.5 Å². The molecule has 0 bridgehead atoms. The van der Waals surface area contributed by atoms with E-state index in [9.17, 15) is 13.2 Å². The van der Waals surface area contributed by atoms with Crippen molar-refractivity contribution in [2.45, 2.75) is 38.7 Å². The van der Waals surface area contributed by atoms with Gasteiger partial charge in [-0.3, -0.25) is 10.4 Å². The van der Waals surface area contributed by atoms with Gasteiger partial charge in [0.1, 0.15) is 12.8 Å². The fourth-order valence-corrected chi connectivity index (χ4v) is 3.60. The van der Waals surface area contributed by atoms with Gasteiger partial charge in [-0.15, -0.1) is 10.2 Å². The molecule has 1 atom stereocenters. The first-order chi connectivity index (χ1) is 17.4. The van der Waals surface area contributed by atoms with Gasteiger partial charge in [0.15, 0.2) is 5.82 Å². The van der Waals surface area contributed by atoms with Crippen LogP contribution in [-0.2, 0) is 19.6 Å². The number of benzene rings is 2. The maximum Gasteiger partial charge on any atom is 0.428 e. The molecule has 2 aromatic carbocycles. The highest BCUT2D eigenvalue weighted by molar-refractivity contribution is 5.94. The molecule has 0 aliphatic carbocycles. The van der Waals surface area contributed by atoms with Crippen molar-refractivity contribution in [1.29, 1.82) is 0 Å². The molecule has 186 valence electrons. The third kappa shape index (κ3) is 7.22. The highest BCUT2D eigenvalue weighted by atomic mass is 19.4. The molecule has 2 N–H and O–H groups in total. The van der Waals surface area contributed by atoms with E-state index >= 15 is 0 Å². The van der Waals surface area contributed by atoms with E-state index in [1.54, 1.807) is 24.3 Å². The van der Waals surface area contributed by atoms with Crippen LogP contribution in [0.2, 0.25) is 0 Å². The molecule has 0 aliphatic rings. The minimum absolute atomic E-state index is 0.0919. The number of pyridine rings is 1. The lowest BCUT2D eigenvalue weighted by Gasteiger charge is -2.14. The van der Waals surface area contributed by atoms with Gasteiger partial charge in [-0.05, 0) is 37.1 Å². The van der Waals surface area contributed by atoms with Crippen LogP contribution in [0.25, 0.3) is 10.8 Å². The number of nitrogens with one attached hydrogen (secondary N) is 2. The molecule has 2 heterocycles. The SMILES string of the molecule is CC(Cc1ccccc1)NCc1cccc(COc2nnc(N/N=C/C(F)(F)F)c3ccccc23)n1. The van der Waals surface area contributed by atoms with E-state index in [2.05, 4.69) is 50.1 Å². The zero-order valence-electron chi connectivity index (χ0n) is 19.5. The van der Waals surface area contributed by atoms with Crippen LogP contribution in [0.3, 0.4) is 0 Å². The fourth-order valence-electron chi connectivity index (χ4n) is 3.60. The highest BCUT2D eigenvalue weighted by Crippen LogP contribution is 2.28. The lowest BCUT2D eigenvalue weighted by atomic mass is 10.1. The molecule has 2 aromatic heterocycles. The lowest BCUT2D eigenvalue weighted by molar-refractivity contribution is -0.0536. The molecule has 0 saturated carbocycles. The maximum absolute atomic E-state index is 12.3. The van der Waals surface area contributed by atoms with E-state index in [1.807, 2.05) is 36.4 Å². The summed E-state index contributed by atoms with van der Waals surface area (Å²) in [5.41, 5.74) is 5.16. The summed E-state index contributed by atoms with van der Waals surface area (Å²) < 4.78 is 42.9. The summed E-state index contributed by atoms with van der Waals surface area (Å²) in [4.78, 5) is 4.65. The third-order valence-electron chi connectivity index (χ3n) is 5.27. The number of fused-ring (bicyclic) bond motifs is 1. The first-order valence-corrected chi connectivity index (χ1v) is 11.3. The Morgan fingerprint density at radius 3 is 2.42 bits per heavy atom. The molecule has 0 radical (unpaired) electrons. The summed E-state index contributed by atoms with van der Waals surface area (Å²) in [6.07, 6.45) is -3.76. The number of hydrogen-bond donors (Lipinski definition) is 2. The van der Waals surface area contributed by atoms with Gasteiger partial charge in [0.05, 0.1) is 11.4 Å². The number of alkyl halides is 3. The Hall–Kier alpha value is -4.05. The molecule has 36 heavy (non-hydrogen) atoms. The molecule has 7 nitrogen and oxygen atoms in total. The molecular formula is C26H25F3N6O. The van der Waals surface area contributed by atoms with Gasteiger partial charge in [-0.25, -0.2) is 0 Å². The summed E-state index contributed by atoms with van der Waals surface area (Å²) in [6, 6.07) is 23.3. The van der Waals surface area contributed by atoms with E-state index < -0.39 is 6.18 Å². The van der Waals surface area contributed by atoms with Crippen molar-refractivity contribution in [3.05, 3.63) is 89.7 Å². The molecule has 0 spiro atoms. The van der Waals surface area contributed by atoms with Gasteiger partial charge in [0, 0.05) is 23.4 Å². The normalized spacial score (nSPS) is 12.7. The maximum atomic E-state index is 12.3. The Labute approximate surface area is 206 Å². The van der Waals surface area contributed by atoms with Gasteiger partial charge in [0.25, 0.3) is 0 Å². The molecule has 0 aliphatic heterocycles. The van der Waals surface area contributed by atoms with Crippen LogP contribution < -0.4 is 15.5 Å². The molecule has 4 rings (SSSR count). The van der Waals surface area contributed by atoms with Crippen LogP contribution in [0.1, 0.15) is 23.9 Å². The van der Waals surface area contributed by atoms with Gasteiger partial charge >= 0.3 is 6.18 Å². The Kier molecular flexibility index (Phi) is 8.06. The second-order valence-electron chi connectivity index (χ2n) is 8.19. The quantitative estimate of drug-likeness (QED) is 0.230. The summed E-state index contributed by atoms with van der Waals surface area (Å²) in [5, 5.41) is 15.8. The Balaban J connectivity index is 1.38. The standard InChI is InChI=1S/C26H25F3N6O/c1-18(14-19-8-3-2-4-9-19)30-15-20-10-7-11-21(32-20)16-36-25-23-13-6-5-12-22(23)24(34-35-25)33-31-17-26(27,28)29/h2-13,17-18,30H,14-16H2,1H3,(H,33,34)/b31-17+. The van der Waals surface area contributed by atoms with Gasteiger partial charge in [-0.1, -0.05) is 54.6 Å². The molecule has 0 fully saturated rings. The van der Waals surface area contributed by atoms with Crippen LogP contribution >= 0.6 is 0 Å². The van der Waals surface area contributed by atoms with Crippen molar-refractivity contribution in [2.75, 3.05) is 5.43 Å². The predicted molar refractivity (Wildman–Crippen MR) is 133 cm³/mol. The molecule has 4 aromatic rings. The minimum atomic E-state index is -4.53. The average molecular weight is 495 g/mol. The van der Waals surface area contributed by atoms with Crippen LogP contribution in [0, 0.1) is 0 Å². The van der Waals surface area contributed by atoms with E-state index in [-0.39, 0.29) is 30.6 Å². The van der Waals surface area contributed by atoms with Crippen LogP contribution in [0.15, 0.2) is 77.9 Å². The first-order valence-electron chi connectivity index (χ1n) is 11.3. The van der Waals surface area contributed by atoms with E-state index in [0.29, 0.717) is 23.0 Å². The van der Waals surface area contributed by atoms with Crippen molar-refractivity contribution in [3.8, 4) is 5.88 Å². The molecule has 0 saturated heterocycles. The van der Waals surface area contributed by atoms with Crippen LogP contribution in [-0.4, -0.2) is 33.6 Å². The number of anilines is 1. The predicted octanol–water partition coefficient (Wildman–Crippen LogP) is 5.28. The molecule has 1 unspecified atom stereocenters. The van der Waals surface area contributed by atoms with Gasteiger partial charge in [-0.2, -0.15) is 18.3 Å². The average Bonchev–Trinajstić information content (AvgIpc) is 2.87.